The lowest BCUT2D eigenvalue weighted by atomic mass is 9.90. The average Bonchev–Trinajstić information content (AvgIpc) is 2.15. The quantitative estimate of drug-likeness (QED) is 0.550. The van der Waals surface area contributed by atoms with Crippen LogP contribution in [0.5, 0.6) is 0 Å². The third-order valence-electron chi connectivity index (χ3n) is 1.75. The smallest absolute Gasteiger partial charge is 0.424 e. The lowest BCUT2D eigenvalue weighted by Crippen LogP contribution is -2.05. The van der Waals surface area contributed by atoms with Gasteiger partial charge in [0.25, 0.3) is 0 Å². The van der Waals surface area contributed by atoms with Gasteiger partial charge in [0.1, 0.15) is 0 Å². The molecule has 0 heterocycles. The maximum atomic E-state index is 11.0. The Labute approximate surface area is 82.8 Å². The average molecular weight is 190 g/mol. The van der Waals surface area contributed by atoms with Crippen molar-refractivity contribution in [2.75, 3.05) is 0 Å². The Kier molecular flexibility index (Phi) is 3.62. The first-order valence-corrected chi connectivity index (χ1v) is 4.25. The molecule has 0 atom stereocenters. The third kappa shape index (κ3) is 3.16. The first kappa shape index (κ1) is 10.7. The number of Topliss-reactive ketones (excluding diaryl/α,β-unsaturated/α-hetero) is 1. The van der Waals surface area contributed by atoms with E-state index < -0.39 is 7.12 Å². The van der Waals surface area contributed by atoms with E-state index >= 15 is 0 Å². The molecule has 0 aliphatic carbocycles. The zero-order valence-electron chi connectivity index (χ0n) is 7.84. The Morgan fingerprint density at radius 3 is 2.71 bits per heavy atom. The number of carbonyl (C=O) groups is 1. The van der Waals surface area contributed by atoms with Crippen LogP contribution in [0.2, 0.25) is 0 Å². The maximum absolute atomic E-state index is 11.0. The van der Waals surface area contributed by atoms with Gasteiger partial charge in [-0.05, 0) is 18.6 Å². The predicted molar refractivity (Wildman–Crippen MR) is 55.7 cm³/mol. The predicted octanol–water partition coefficient (Wildman–Crippen LogP) is 0.914. The third-order valence-corrected chi connectivity index (χ3v) is 1.75. The fourth-order valence-electron chi connectivity index (χ4n) is 1.06. The molecular formula is C10H11BO3. The summed E-state index contributed by atoms with van der Waals surface area (Å²) in [4.78, 5) is 11.0. The van der Waals surface area contributed by atoms with Gasteiger partial charge >= 0.3 is 7.12 Å². The van der Waals surface area contributed by atoms with Gasteiger partial charge in [-0.3, -0.25) is 4.79 Å². The van der Waals surface area contributed by atoms with Crippen LogP contribution >= 0.6 is 0 Å². The highest BCUT2D eigenvalue weighted by molar-refractivity contribution is 6.48. The Hall–Kier alpha value is -1.39. The fraction of sp³-hybridized carbons (Fsp3) is 0.100. The van der Waals surface area contributed by atoms with E-state index in [2.05, 4.69) is 0 Å². The van der Waals surface area contributed by atoms with Crippen molar-refractivity contribution in [2.24, 2.45) is 0 Å². The number of benzene rings is 1. The molecule has 4 heteroatoms. The van der Waals surface area contributed by atoms with Crippen LogP contribution in [0.3, 0.4) is 0 Å². The first-order chi connectivity index (χ1) is 6.59. The summed E-state index contributed by atoms with van der Waals surface area (Å²) in [5, 5.41) is 17.2. The van der Waals surface area contributed by atoms with Crippen LogP contribution in [-0.4, -0.2) is 22.9 Å². The molecule has 72 valence electrons. The number of hydrogen-bond acceptors (Lipinski definition) is 3. The molecule has 0 aliphatic rings. The standard InChI is InChI=1S/C10H11BO3/c1-8(12)10-4-2-3-9(7-10)5-6-11(13)14/h2-7,13-14H,1H3/b6-5+. The van der Waals surface area contributed by atoms with Gasteiger partial charge in [-0.25, -0.2) is 0 Å². The second-order valence-electron chi connectivity index (χ2n) is 2.95. The number of rotatable bonds is 3. The molecule has 0 saturated heterocycles. The molecule has 0 unspecified atom stereocenters. The van der Waals surface area contributed by atoms with Crippen LogP contribution in [0.25, 0.3) is 6.08 Å². The molecule has 0 saturated carbocycles. The lowest BCUT2D eigenvalue weighted by molar-refractivity contribution is 0.101. The van der Waals surface area contributed by atoms with Gasteiger partial charge in [-0.2, -0.15) is 0 Å². The minimum Gasteiger partial charge on any atom is -0.424 e. The Morgan fingerprint density at radius 2 is 2.14 bits per heavy atom. The van der Waals surface area contributed by atoms with Crippen molar-refractivity contribution in [1.82, 2.24) is 0 Å². The highest BCUT2D eigenvalue weighted by atomic mass is 16.4. The van der Waals surface area contributed by atoms with E-state index in [4.69, 9.17) is 10.0 Å². The maximum Gasteiger partial charge on any atom is 0.480 e. The molecule has 1 rings (SSSR count). The second kappa shape index (κ2) is 4.74. The minimum atomic E-state index is -1.46. The topological polar surface area (TPSA) is 57.5 Å². The molecule has 0 bridgehead atoms. The van der Waals surface area contributed by atoms with E-state index in [0.29, 0.717) is 5.56 Å². The minimum absolute atomic E-state index is 0.00945. The second-order valence-corrected chi connectivity index (χ2v) is 2.95. The largest absolute Gasteiger partial charge is 0.480 e. The molecule has 3 nitrogen and oxygen atoms in total. The van der Waals surface area contributed by atoms with Gasteiger partial charge in [0, 0.05) is 5.56 Å². The zero-order valence-corrected chi connectivity index (χ0v) is 7.84. The summed E-state index contributed by atoms with van der Waals surface area (Å²) in [6.45, 7) is 1.49. The molecule has 0 aromatic heterocycles. The molecule has 0 aliphatic heterocycles. The van der Waals surface area contributed by atoms with Crippen molar-refractivity contribution in [3.8, 4) is 0 Å². The van der Waals surface area contributed by atoms with Crippen molar-refractivity contribution in [1.29, 1.82) is 0 Å². The number of hydrogen-bond donors (Lipinski definition) is 2. The van der Waals surface area contributed by atoms with Gasteiger partial charge in [0.15, 0.2) is 5.78 Å². The first-order valence-electron chi connectivity index (χ1n) is 4.25. The van der Waals surface area contributed by atoms with Crippen LogP contribution in [-0.2, 0) is 0 Å². The molecule has 1 aromatic carbocycles. The van der Waals surface area contributed by atoms with Crippen LogP contribution in [0, 0.1) is 0 Å². The summed E-state index contributed by atoms with van der Waals surface area (Å²) >= 11 is 0. The molecule has 14 heavy (non-hydrogen) atoms. The van der Waals surface area contributed by atoms with Crippen molar-refractivity contribution in [2.45, 2.75) is 6.92 Å². The molecule has 1 aromatic rings. The summed E-state index contributed by atoms with van der Waals surface area (Å²) < 4.78 is 0. The summed E-state index contributed by atoms with van der Waals surface area (Å²) in [5.74, 6) is 1.23. The lowest BCUT2D eigenvalue weighted by Gasteiger charge is -1.97. The summed E-state index contributed by atoms with van der Waals surface area (Å²) in [5.41, 5.74) is 1.38. The summed E-state index contributed by atoms with van der Waals surface area (Å²) in [6, 6.07) is 6.95. The van der Waals surface area contributed by atoms with Gasteiger partial charge < -0.3 is 10.0 Å². The number of ketones is 1. The summed E-state index contributed by atoms with van der Waals surface area (Å²) in [6.07, 6.45) is 1.55. The highest BCUT2D eigenvalue weighted by Crippen LogP contribution is 2.07. The van der Waals surface area contributed by atoms with Crippen molar-refractivity contribution in [3.63, 3.8) is 0 Å². The van der Waals surface area contributed by atoms with E-state index in [1.807, 2.05) is 0 Å². The van der Waals surface area contributed by atoms with E-state index in [9.17, 15) is 4.79 Å². The van der Waals surface area contributed by atoms with E-state index in [-0.39, 0.29) is 5.78 Å². The molecule has 0 fully saturated rings. The normalized spacial score (nSPS) is 10.5. The Bertz CT molecular complexity index is 358. The van der Waals surface area contributed by atoms with Gasteiger partial charge in [-0.15, -0.1) is 0 Å². The zero-order chi connectivity index (χ0) is 10.6. The van der Waals surface area contributed by atoms with Crippen molar-refractivity contribution in [3.05, 3.63) is 41.4 Å². The molecular weight excluding hydrogens is 179 g/mol. The molecule has 0 radical (unpaired) electrons. The SMILES string of the molecule is CC(=O)c1cccc(/C=C/B(O)O)c1. The van der Waals surface area contributed by atoms with Crippen molar-refractivity contribution >= 4 is 19.0 Å². The van der Waals surface area contributed by atoms with Gasteiger partial charge in [0.05, 0.1) is 0 Å². The van der Waals surface area contributed by atoms with Crippen LogP contribution < -0.4 is 0 Å². The van der Waals surface area contributed by atoms with E-state index in [0.717, 1.165) is 5.56 Å². The number of carbonyl (C=O) groups excluding carboxylic acids is 1. The van der Waals surface area contributed by atoms with Gasteiger partial charge in [0.2, 0.25) is 0 Å². The van der Waals surface area contributed by atoms with E-state index in [1.54, 1.807) is 30.3 Å². The van der Waals surface area contributed by atoms with Crippen LogP contribution in [0.15, 0.2) is 30.2 Å². The summed E-state index contributed by atoms with van der Waals surface area (Å²) in [7, 11) is -1.46. The van der Waals surface area contributed by atoms with E-state index in [1.165, 1.54) is 12.9 Å². The van der Waals surface area contributed by atoms with Crippen LogP contribution in [0.1, 0.15) is 22.8 Å². The van der Waals surface area contributed by atoms with Crippen molar-refractivity contribution < 1.29 is 14.8 Å². The van der Waals surface area contributed by atoms with Crippen LogP contribution in [0.4, 0.5) is 0 Å². The monoisotopic (exact) mass is 190 g/mol. The fourth-order valence-corrected chi connectivity index (χ4v) is 1.06. The molecule has 2 N–H and O–H groups in total. The molecule has 0 spiro atoms. The highest BCUT2D eigenvalue weighted by Gasteiger charge is 2.00. The Balaban J connectivity index is 2.89. The molecule has 0 amide bonds. The Morgan fingerprint density at radius 1 is 1.43 bits per heavy atom. The van der Waals surface area contributed by atoms with Gasteiger partial charge in [-0.1, -0.05) is 30.3 Å².